The van der Waals surface area contributed by atoms with Crippen molar-refractivity contribution in [1.82, 2.24) is 9.55 Å². The number of aryl methyl sites for hydroxylation is 1. The van der Waals surface area contributed by atoms with Crippen molar-refractivity contribution in [3.63, 3.8) is 0 Å². The van der Waals surface area contributed by atoms with Crippen molar-refractivity contribution in [1.29, 1.82) is 0 Å². The van der Waals surface area contributed by atoms with Gasteiger partial charge in [-0.3, -0.25) is 0 Å². The fraction of sp³-hybridized carbons (Fsp3) is 0.462. The van der Waals surface area contributed by atoms with Gasteiger partial charge in [-0.05, 0) is 25.0 Å². The number of aromatic nitrogens is 2. The van der Waals surface area contributed by atoms with Crippen LogP contribution in [-0.2, 0) is 6.54 Å². The van der Waals surface area contributed by atoms with Crippen LogP contribution in [0.5, 0.6) is 5.75 Å². The van der Waals surface area contributed by atoms with Crippen LogP contribution in [0, 0.1) is 0 Å². The van der Waals surface area contributed by atoms with E-state index in [0.717, 1.165) is 5.52 Å². The van der Waals surface area contributed by atoms with Gasteiger partial charge < -0.3 is 15.0 Å². The second-order valence-electron chi connectivity index (χ2n) is 4.55. The highest BCUT2D eigenvalue weighted by Gasteiger charge is 2.25. The van der Waals surface area contributed by atoms with Crippen LogP contribution < -0.4 is 10.5 Å². The van der Waals surface area contributed by atoms with Crippen molar-refractivity contribution in [3.05, 3.63) is 18.2 Å². The first-order valence-corrected chi connectivity index (χ1v) is 6.27. The molecule has 0 aliphatic carbocycles. The Balaban J connectivity index is 2.10. The van der Waals surface area contributed by atoms with E-state index >= 15 is 0 Å². The van der Waals surface area contributed by atoms with Gasteiger partial charge in [0.05, 0.1) is 18.1 Å². The van der Waals surface area contributed by atoms with Crippen molar-refractivity contribution in [3.8, 4) is 5.75 Å². The Morgan fingerprint density at radius 3 is 2.70 bits per heavy atom. The Kier molecular flexibility index (Phi) is 4.06. The standard InChI is InChI=1S/C13H16F3N3O/c1-20-9-4-5-10-11(8-9)19(12(17)18-10)7-3-2-6-13(14,15)16/h4-5,8H,2-3,6-7H2,1H3,(H2,17,18). The minimum absolute atomic E-state index is 0.0760. The van der Waals surface area contributed by atoms with Crippen molar-refractivity contribution in [2.24, 2.45) is 0 Å². The molecule has 1 aromatic carbocycles. The fourth-order valence-corrected chi connectivity index (χ4v) is 2.08. The molecule has 0 unspecified atom stereocenters. The third-order valence-corrected chi connectivity index (χ3v) is 3.08. The summed E-state index contributed by atoms with van der Waals surface area (Å²) in [5, 5.41) is 0. The molecule has 2 rings (SSSR count). The van der Waals surface area contributed by atoms with Crippen molar-refractivity contribution < 1.29 is 17.9 Å². The van der Waals surface area contributed by atoms with Crippen molar-refractivity contribution in [2.45, 2.75) is 32.0 Å². The normalized spacial score (nSPS) is 12.0. The number of unbranched alkanes of at least 4 members (excludes halogenated alkanes) is 1. The first-order valence-electron chi connectivity index (χ1n) is 6.27. The molecule has 1 heterocycles. The van der Waals surface area contributed by atoms with Gasteiger partial charge in [0.1, 0.15) is 5.75 Å². The number of hydrogen-bond acceptors (Lipinski definition) is 3. The molecule has 0 amide bonds. The number of nitrogens with zero attached hydrogens (tertiary/aromatic N) is 2. The SMILES string of the molecule is COc1ccc2nc(N)n(CCCCC(F)(F)F)c2c1. The van der Waals surface area contributed by atoms with E-state index in [4.69, 9.17) is 10.5 Å². The van der Waals surface area contributed by atoms with Crippen LogP contribution in [0.4, 0.5) is 19.1 Å². The van der Waals surface area contributed by atoms with Crippen LogP contribution in [0.25, 0.3) is 11.0 Å². The van der Waals surface area contributed by atoms with Crippen LogP contribution >= 0.6 is 0 Å². The van der Waals surface area contributed by atoms with Crippen LogP contribution in [0.15, 0.2) is 18.2 Å². The quantitative estimate of drug-likeness (QED) is 0.858. The molecule has 20 heavy (non-hydrogen) atoms. The Bertz CT molecular complexity index is 592. The number of rotatable bonds is 5. The predicted molar refractivity (Wildman–Crippen MR) is 70.6 cm³/mol. The lowest BCUT2D eigenvalue weighted by molar-refractivity contribution is -0.135. The van der Waals surface area contributed by atoms with E-state index in [1.807, 2.05) is 0 Å². The van der Waals surface area contributed by atoms with Crippen LogP contribution in [0.1, 0.15) is 19.3 Å². The summed E-state index contributed by atoms with van der Waals surface area (Å²) in [7, 11) is 1.55. The molecule has 1 aromatic heterocycles. The molecule has 0 atom stereocenters. The molecule has 0 aliphatic rings. The average Bonchev–Trinajstić information content (AvgIpc) is 2.68. The summed E-state index contributed by atoms with van der Waals surface area (Å²) < 4.78 is 43.1. The number of hydrogen-bond donors (Lipinski definition) is 1. The van der Waals surface area contributed by atoms with E-state index in [-0.39, 0.29) is 6.42 Å². The van der Waals surface area contributed by atoms with E-state index in [1.54, 1.807) is 29.9 Å². The number of imidazole rings is 1. The molecule has 7 heteroatoms. The molecule has 0 spiro atoms. The number of nitrogen functional groups attached to an aromatic ring is 1. The highest BCUT2D eigenvalue weighted by Crippen LogP contribution is 2.25. The molecule has 0 aliphatic heterocycles. The zero-order valence-corrected chi connectivity index (χ0v) is 11.1. The van der Waals surface area contributed by atoms with Crippen molar-refractivity contribution in [2.75, 3.05) is 12.8 Å². The molecule has 0 fully saturated rings. The summed E-state index contributed by atoms with van der Waals surface area (Å²) >= 11 is 0. The largest absolute Gasteiger partial charge is 0.497 e. The van der Waals surface area contributed by atoms with Gasteiger partial charge in [0.15, 0.2) is 0 Å². The zero-order valence-electron chi connectivity index (χ0n) is 11.1. The average molecular weight is 287 g/mol. The van der Waals surface area contributed by atoms with Gasteiger partial charge in [0.2, 0.25) is 5.95 Å². The maximum absolute atomic E-state index is 12.1. The maximum Gasteiger partial charge on any atom is 0.389 e. The molecular weight excluding hydrogens is 271 g/mol. The van der Waals surface area contributed by atoms with E-state index in [0.29, 0.717) is 30.2 Å². The monoisotopic (exact) mass is 287 g/mol. The Morgan fingerprint density at radius 2 is 2.05 bits per heavy atom. The number of benzene rings is 1. The molecule has 2 N–H and O–H groups in total. The number of alkyl halides is 3. The summed E-state index contributed by atoms with van der Waals surface area (Å²) in [6, 6.07) is 5.32. The number of methoxy groups -OCH3 is 1. The second kappa shape index (κ2) is 5.60. The number of anilines is 1. The smallest absolute Gasteiger partial charge is 0.389 e. The zero-order chi connectivity index (χ0) is 14.8. The first kappa shape index (κ1) is 14.5. The molecule has 0 radical (unpaired) electrons. The first-order chi connectivity index (χ1) is 9.40. The lowest BCUT2D eigenvalue weighted by Gasteiger charge is -2.08. The lowest BCUT2D eigenvalue weighted by atomic mass is 10.2. The highest BCUT2D eigenvalue weighted by atomic mass is 19.4. The Hall–Kier alpha value is -1.92. The number of ether oxygens (including phenoxy) is 1. The van der Waals surface area contributed by atoms with Crippen LogP contribution in [-0.4, -0.2) is 22.8 Å². The number of nitrogens with two attached hydrogens (primary N) is 1. The van der Waals surface area contributed by atoms with Crippen molar-refractivity contribution >= 4 is 17.0 Å². The van der Waals surface area contributed by atoms with Gasteiger partial charge in [0.25, 0.3) is 0 Å². The summed E-state index contributed by atoms with van der Waals surface area (Å²) in [4.78, 5) is 4.18. The van der Waals surface area contributed by atoms with Gasteiger partial charge in [-0.2, -0.15) is 13.2 Å². The molecule has 0 saturated carbocycles. The van der Waals surface area contributed by atoms with E-state index < -0.39 is 12.6 Å². The maximum atomic E-state index is 12.1. The highest BCUT2D eigenvalue weighted by molar-refractivity contribution is 5.79. The third-order valence-electron chi connectivity index (χ3n) is 3.08. The Morgan fingerprint density at radius 1 is 1.30 bits per heavy atom. The molecule has 4 nitrogen and oxygen atoms in total. The minimum atomic E-state index is -4.11. The van der Waals surface area contributed by atoms with Gasteiger partial charge >= 0.3 is 6.18 Å². The second-order valence-corrected chi connectivity index (χ2v) is 4.55. The summed E-state index contributed by atoms with van der Waals surface area (Å²) in [5.74, 6) is 0.967. The van der Waals surface area contributed by atoms with E-state index in [2.05, 4.69) is 4.98 Å². The van der Waals surface area contributed by atoms with Gasteiger partial charge in [-0.15, -0.1) is 0 Å². The third kappa shape index (κ3) is 3.34. The van der Waals surface area contributed by atoms with E-state index in [1.165, 1.54) is 0 Å². The molecular formula is C13H16F3N3O. The van der Waals surface area contributed by atoms with Crippen LogP contribution in [0.3, 0.4) is 0 Å². The predicted octanol–water partition coefficient (Wildman–Crippen LogP) is 3.36. The molecule has 2 aromatic rings. The fourth-order valence-electron chi connectivity index (χ4n) is 2.08. The number of halogens is 3. The Labute approximate surface area is 114 Å². The van der Waals surface area contributed by atoms with E-state index in [9.17, 15) is 13.2 Å². The summed E-state index contributed by atoms with van der Waals surface area (Å²) in [6.07, 6.45) is -4.41. The summed E-state index contributed by atoms with van der Waals surface area (Å²) in [5.41, 5.74) is 7.28. The minimum Gasteiger partial charge on any atom is -0.497 e. The molecule has 110 valence electrons. The number of fused-ring (bicyclic) bond motifs is 1. The topological polar surface area (TPSA) is 53.1 Å². The summed E-state index contributed by atoms with van der Waals surface area (Å²) in [6.45, 7) is 0.408. The van der Waals surface area contributed by atoms with Crippen LogP contribution in [0.2, 0.25) is 0 Å². The molecule has 0 bridgehead atoms. The lowest BCUT2D eigenvalue weighted by Crippen LogP contribution is -2.08. The van der Waals surface area contributed by atoms with Gasteiger partial charge in [0, 0.05) is 19.0 Å². The van der Waals surface area contributed by atoms with Gasteiger partial charge in [-0.1, -0.05) is 0 Å². The molecule has 0 saturated heterocycles. The van der Waals surface area contributed by atoms with Gasteiger partial charge in [-0.25, -0.2) is 4.98 Å².